The van der Waals surface area contributed by atoms with Gasteiger partial charge in [0.1, 0.15) is 12.0 Å². The van der Waals surface area contributed by atoms with E-state index in [2.05, 4.69) is 10.2 Å². The Balaban J connectivity index is 2.42. The molecule has 95 valence electrons. The third-order valence-electron chi connectivity index (χ3n) is 2.21. The Hall–Kier alpha value is -2.22. The summed E-state index contributed by atoms with van der Waals surface area (Å²) >= 11 is 1.07. The Bertz CT molecular complexity index is 615. The smallest absolute Gasteiger partial charge is 0.356 e. The lowest BCUT2D eigenvalue weighted by atomic mass is 10.0. The van der Waals surface area contributed by atoms with Crippen LogP contribution in [0.15, 0.2) is 24.3 Å². The van der Waals surface area contributed by atoms with E-state index in [1.807, 2.05) is 0 Å². The Labute approximate surface area is 112 Å². The molecular formula is C11H7BFN2O3S. The summed E-state index contributed by atoms with van der Waals surface area (Å²) in [7, 11) is 1.11. The van der Waals surface area contributed by atoms with Crippen molar-refractivity contribution in [2.45, 2.75) is 0 Å². The first kappa shape index (κ1) is 13.2. The number of anilines is 1. The molecule has 19 heavy (non-hydrogen) atoms. The number of hydrogen-bond acceptors (Lipinski definition) is 5. The van der Waals surface area contributed by atoms with E-state index in [1.54, 1.807) is 0 Å². The molecule has 2 N–H and O–H groups in total. The highest BCUT2D eigenvalue weighted by atomic mass is 32.1. The van der Waals surface area contributed by atoms with Gasteiger partial charge >= 0.3 is 13.4 Å². The van der Waals surface area contributed by atoms with E-state index in [1.165, 1.54) is 24.3 Å². The van der Waals surface area contributed by atoms with Gasteiger partial charge in [-0.3, -0.25) is 0 Å². The number of carboxylic acid groups (broad SMARTS) is 1. The number of benzene rings is 1. The SMILES string of the molecule is O=C[B]Nc1nc(C(=O)O)c(-c2ccc(F)cc2)s1. The first-order chi connectivity index (χ1) is 9.11. The average molecular weight is 277 g/mol. The summed E-state index contributed by atoms with van der Waals surface area (Å²) in [6, 6.07) is 5.43. The highest BCUT2D eigenvalue weighted by molar-refractivity contribution is 7.19. The minimum Gasteiger partial charge on any atom is -0.476 e. The zero-order chi connectivity index (χ0) is 13.8. The Morgan fingerprint density at radius 1 is 1.42 bits per heavy atom. The van der Waals surface area contributed by atoms with Gasteiger partial charge in [-0.2, -0.15) is 0 Å². The van der Waals surface area contributed by atoms with Crippen molar-refractivity contribution in [1.29, 1.82) is 0 Å². The second-order valence-corrected chi connectivity index (χ2v) is 4.45. The van der Waals surface area contributed by atoms with E-state index in [4.69, 9.17) is 5.11 Å². The van der Waals surface area contributed by atoms with Gasteiger partial charge in [-0.25, -0.2) is 14.2 Å². The summed E-state index contributed by atoms with van der Waals surface area (Å²) in [4.78, 5) is 25.6. The highest BCUT2D eigenvalue weighted by Crippen LogP contribution is 2.33. The van der Waals surface area contributed by atoms with Crippen molar-refractivity contribution in [2.24, 2.45) is 0 Å². The molecule has 1 heterocycles. The maximum absolute atomic E-state index is 12.8. The molecule has 0 saturated heterocycles. The largest absolute Gasteiger partial charge is 0.476 e. The molecule has 0 fully saturated rings. The van der Waals surface area contributed by atoms with Crippen LogP contribution in [-0.2, 0) is 4.79 Å². The summed E-state index contributed by atoms with van der Waals surface area (Å²) < 4.78 is 12.8. The quantitative estimate of drug-likeness (QED) is 0.644. The highest BCUT2D eigenvalue weighted by Gasteiger charge is 2.18. The molecule has 0 aliphatic rings. The second-order valence-electron chi connectivity index (χ2n) is 3.46. The first-order valence-corrected chi connectivity index (χ1v) is 5.97. The van der Waals surface area contributed by atoms with Crippen LogP contribution in [-0.4, -0.2) is 29.7 Å². The third kappa shape index (κ3) is 2.97. The molecule has 0 amide bonds. The lowest BCUT2D eigenvalue weighted by molar-refractivity contribution is 0.0692. The monoisotopic (exact) mass is 277 g/mol. The van der Waals surface area contributed by atoms with Gasteiger partial charge in [0.25, 0.3) is 0 Å². The van der Waals surface area contributed by atoms with Gasteiger partial charge < -0.3 is 15.1 Å². The maximum Gasteiger partial charge on any atom is 0.356 e. The lowest BCUT2D eigenvalue weighted by Gasteiger charge is -1.98. The zero-order valence-corrected chi connectivity index (χ0v) is 10.3. The van der Waals surface area contributed by atoms with Crippen molar-refractivity contribution in [1.82, 2.24) is 4.98 Å². The number of aromatic nitrogens is 1. The minimum absolute atomic E-state index is 0.140. The van der Waals surface area contributed by atoms with E-state index >= 15 is 0 Å². The molecule has 0 bridgehead atoms. The fraction of sp³-hybridized carbons (Fsp3) is 0. The molecule has 0 saturated carbocycles. The number of nitrogens with zero attached hydrogens (tertiary/aromatic N) is 1. The summed E-state index contributed by atoms with van der Waals surface area (Å²) in [6.45, 7) is 0. The molecule has 1 aromatic heterocycles. The number of carboxylic acids is 1. The zero-order valence-electron chi connectivity index (χ0n) is 9.46. The standard InChI is InChI=1S/C11H7BFN2O3S/c13-7-3-1-6(2-4-7)9-8(10(17)18)14-11(19-9)15-12-5-16/h1-5H,(H,14,15)(H,17,18). The van der Waals surface area contributed by atoms with Crippen LogP contribution < -0.4 is 5.23 Å². The third-order valence-corrected chi connectivity index (χ3v) is 3.25. The van der Waals surface area contributed by atoms with Gasteiger partial charge in [-0.05, 0) is 17.7 Å². The van der Waals surface area contributed by atoms with Crippen molar-refractivity contribution < 1.29 is 19.1 Å². The number of carbonyl (C=O) groups is 2. The number of nitrogens with one attached hydrogen (secondary N) is 1. The summed E-state index contributed by atoms with van der Waals surface area (Å²) in [5.74, 6) is -1.59. The Morgan fingerprint density at radius 2 is 2.11 bits per heavy atom. The molecule has 0 atom stereocenters. The van der Waals surface area contributed by atoms with Crippen LogP contribution in [0.4, 0.5) is 9.52 Å². The van der Waals surface area contributed by atoms with Gasteiger partial charge in [-0.15, -0.1) is 0 Å². The van der Waals surface area contributed by atoms with Crippen molar-refractivity contribution in [3.05, 3.63) is 35.8 Å². The fourth-order valence-corrected chi connectivity index (χ4v) is 2.37. The number of rotatable bonds is 5. The number of thiazole rings is 1. The number of halogens is 1. The van der Waals surface area contributed by atoms with E-state index in [9.17, 15) is 14.0 Å². The molecule has 0 aliphatic heterocycles. The Morgan fingerprint density at radius 3 is 2.68 bits per heavy atom. The molecule has 1 radical (unpaired) electrons. The molecular weight excluding hydrogens is 270 g/mol. The molecule has 2 rings (SSSR count). The van der Waals surface area contributed by atoms with Gasteiger partial charge in [0.2, 0.25) is 0 Å². The van der Waals surface area contributed by atoms with Crippen molar-refractivity contribution >= 4 is 36.0 Å². The molecule has 1 aromatic carbocycles. The van der Waals surface area contributed by atoms with Crippen molar-refractivity contribution in [3.8, 4) is 10.4 Å². The van der Waals surface area contributed by atoms with E-state index < -0.39 is 11.8 Å². The molecule has 0 aliphatic carbocycles. The van der Waals surface area contributed by atoms with E-state index in [0.29, 0.717) is 16.6 Å². The van der Waals surface area contributed by atoms with Crippen LogP contribution in [0.25, 0.3) is 10.4 Å². The van der Waals surface area contributed by atoms with Crippen molar-refractivity contribution in [2.75, 3.05) is 5.23 Å². The van der Waals surface area contributed by atoms with Gasteiger partial charge in [0.15, 0.2) is 10.8 Å². The van der Waals surface area contributed by atoms with Crippen LogP contribution in [0.1, 0.15) is 10.5 Å². The maximum atomic E-state index is 12.8. The first-order valence-electron chi connectivity index (χ1n) is 5.15. The molecule has 5 nitrogen and oxygen atoms in total. The lowest BCUT2D eigenvalue weighted by Crippen LogP contribution is -2.07. The number of aromatic carboxylic acids is 1. The van der Waals surface area contributed by atoms with Crippen molar-refractivity contribution in [3.63, 3.8) is 0 Å². The van der Waals surface area contributed by atoms with Crippen LogP contribution >= 0.6 is 11.3 Å². The molecule has 8 heteroatoms. The van der Waals surface area contributed by atoms with E-state index in [0.717, 1.165) is 18.8 Å². The predicted octanol–water partition coefficient (Wildman–Crippen LogP) is 1.87. The summed E-state index contributed by atoms with van der Waals surface area (Å²) in [5, 5.41) is 11.9. The van der Waals surface area contributed by atoms with Crippen LogP contribution in [0.5, 0.6) is 0 Å². The van der Waals surface area contributed by atoms with E-state index in [-0.39, 0.29) is 10.8 Å². The summed E-state index contributed by atoms with van der Waals surface area (Å²) in [5.41, 5.74) is 0.411. The predicted molar refractivity (Wildman–Crippen MR) is 70.6 cm³/mol. The molecule has 0 unspecified atom stereocenters. The average Bonchev–Trinajstić information content (AvgIpc) is 2.81. The summed E-state index contributed by atoms with van der Waals surface area (Å²) in [6.07, 6.45) is 0.527. The van der Waals surface area contributed by atoms with Crippen LogP contribution in [0, 0.1) is 5.82 Å². The van der Waals surface area contributed by atoms with Gasteiger partial charge in [0.05, 0.1) is 4.88 Å². The minimum atomic E-state index is -1.19. The van der Waals surface area contributed by atoms with Crippen LogP contribution in [0.3, 0.4) is 0 Å². The topological polar surface area (TPSA) is 79.3 Å². The molecule has 2 aromatic rings. The van der Waals surface area contributed by atoms with Crippen LogP contribution in [0.2, 0.25) is 0 Å². The molecule has 0 spiro atoms. The Kier molecular flexibility index (Phi) is 3.91. The normalized spacial score (nSPS) is 9.95. The van der Waals surface area contributed by atoms with Gasteiger partial charge in [-0.1, -0.05) is 23.5 Å². The van der Waals surface area contributed by atoms with Gasteiger partial charge in [0, 0.05) is 0 Å². The number of hydrogen-bond donors (Lipinski definition) is 2. The fourth-order valence-electron chi connectivity index (χ4n) is 1.43. The second kappa shape index (κ2) is 5.62. The number of carbonyl (C=O) groups excluding carboxylic acids is 1.